The molecule has 1 heterocycles. The smallest absolute Gasteiger partial charge is 0.278 e. The van der Waals surface area contributed by atoms with Gasteiger partial charge in [0.15, 0.2) is 0 Å². The van der Waals surface area contributed by atoms with Crippen LogP contribution in [0.5, 0.6) is 0 Å². The highest BCUT2D eigenvalue weighted by Gasteiger charge is 2.30. The summed E-state index contributed by atoms with van der Waals surface area (Å²) >= 11 is 0. The van der Waals surface area contributed by atoms with Gasteiger partial charge >= 0.3 is 0 Å². The molecule has 0 saturated carbocycles. The first-order valence-electron chi connectivity index (χ1n) is 6.28. The molecule has 0 atom stereocenters. The van der Waals surface area contributed by atoms with E-state index in [2.05, 4.69) is 4.98 Å². The molecule has 0 aliphatic rings. The van der Waals surface area contributed by atoms with Crippen LogP contribution in [0.25, 0.3) is 10.9 Å². The summed E-state index contributed by atoms with van der Waals surface area (Å²) in [5.74, 6) is -3.41. The van der Waals surface area contributed by atoms with Crippen LogP contribution in [-0.4, -0.2) is 37.3 Å². The molecule has 0 bridgehead atoms. The van der Waals surface area contributed by atoms with Crippen LogP contribution in [-0.2, 0) is 10.0 Å². The zero-order chi connectivity index (χ0) is 17.3. The SMILES string of the molecule is Cl.NCC(F)(F)CNS(=O)(=O)c1ccc([N+](=O)[O-])c2cccnc12. The normalized spacial score (nSPS) is 12.0. The van der Waals surface area contributed by atoms with Crippen LogP contribution in [0.4, 0.5) is 14.5 Å². The highest BCUT2D eigenvalue weighted by atomic mass is 35.5. The van der Waals surface area contributed by atoms with Crippen molar-refractivity contribution in [2.45, 2.75) is 10.8 Å². The summed E-state index contributed by atoms with van der Waals surface area (Å²) in [4.78, 5) is 13.7. The Labute approximate surface area is 141 Å². The Balaban J connectivity index is 0.00000288. The maximum Gasteiger partial charge on any atom is 0.278 e. The summed E-state index contributed by atoms with van der Waals surface area (Å²) in [6.45, 7) is -2.20. The van der Waals surface area contributed by atoms with Gasteiger partial charge in [-0.25, -0.2) is 21.9 Å². The summed E-state index contributed by atoms with van der Waals surface area (Å²) < 4.78 is 52.4. The van der Waals surface area contributed by atoms with Crippen molar-refractivity contribution in [1.82, 2.24) is 9.71 Å². The molecule has 0 aliphatic carbocycles. The van der Waals surface area contributed by atoms with Gasteiger partial charge in [-0.3, -0.25) is 15.1 Å². The Hall–Kier alpha value is -1.95. The number of benzene rings is 1. The number of nitrogens with two attached hydrogens (primary N) is 1. The number of nitro groups is 1. The van der Waals surface area contributed by atoms with E-state index in [1.54, 1.807) is 4.72 Å². The third kappa shape index (κ3) is 4.12. The molecule has 8 nitrogen and oxygen atoms in total. The van der Waals surface area contributed by atoms with E-state index in [0.29, 0.717) is 0 Å². The van der Waals surface area contributed by atoms with Crippen molar-refractivity contribution in [3.63, 3.8) is 0 Å². The van der Waals surface area contributed by atoms with Gasteiger partial charge < -0.3 is 5.73 Å². The Bertz CT molecular complexity index is 863. The number of hydrogen-bond acceptors (Lipinski definition) is 6. The summed E-state index contributed by atoms with van der Waals surface area (Å²) in [7, 11) is -4.34. The van der Waals surface area contributed by atoms with Crippen LogP contribution >= 0.6 is 12.4 Å². The highest BCUT2D eigenvalue weighted by Crippen LogP contribution is 2.29. The number of nitrogens with one attached hydrogen (secondary N) is 1. The van der Waals surface area contributed by atoms with Gasteiger partial charge in [0.1, 0.15) is 4.90 Å². The van der Waals surface area contributed by atoms with Gasteiger partial charge in [-0.05, 0) is 18.2 Å². The van der Waals surface area contributed by atoms with Gasteiger partial charge in [0.25, 0.3) is 11.6 Å². The standard InChI is InChI=1S/C12H12F2N4O4S.ClH/c13-12(14,6-15)7-17-23(21,22)10-4-3-9(18(19)20)8-2-1-5-16-11(8)10;/h1-5,17H,6-7,15H2;1H. The molecule has 3 N–H and O–H groups in total. The molecule has 1 aromatic carbocycles. The first-order chi connectivity index (χ1) is 10.7. The van der Waals surface area contributed by atoms with Crippen molar-refractivity contribution in [1.29, 1.82) is 0 Å². The first kappa shape index (κ1) is 20.1. The van der Waals surface area contributed by atoms with Crippen LogP contribution in [0.3, 0.4) is 0 Å². The molecule has 0 radical (unpaired) electrons. The number of rotatable bonds is 6. The second-order valence-corrected chi connectivity index (χ2v) is 6.36. The minimum atomic E-state index is -4.34. The quantitative estimate of drug-likeness (QED) is 0.574. The number of alkyl halides is 2. The fourth-order valence-corrected chi connectivity index (χ4v) is 3.08. The number of pyridine rings is 1. The Morgan fingerprint density at radius 2 is 2.00 bits per heavy atom. The van der Waals surface area contributed by atoms with E-state index in [-0.39, 0.29) is 29.0 Å². The molecule has 0 spiro atoms. The number of aromatic nitrogens is 1. The molecule has 24 heavy (non-hydrogen) atoms. The average molecular weight is 383 g/mol. The molecule has 1 aromatic heterocycles. The summed E-state index contributed by atoms with van der Waals surface area (Å²) in [6, 6.07) is 4.67. The van der Waals surface area contributed by atoms with Crippen molar-refractivity contribution in [3.8, 4) is 0 Å². The molecule has 0 unspecified atom stereocenters. The molecule has 12 heteroatoms. The molecule has 0 fully saturated rings. The van der Waals surface area contributed by atoms with E-state index in [1.807, 2.05) is 0 Å². The minimum absolute atomic E-state index is 0. The molecular formula is C12H13ClF2N4O4S. The molecule has 0 amide bonds. The molecular weight excluding hydrogens is 370 g/mol. The third-order valence-corrected chi connectivity index (χ3v) is 4.45. The van der Waals surface area contributed by atoms with E-state index >= 15 is 0 Å². The van der Waals surface area contributed by atoms with Crippen LogP contribution < -0.4 is 10.5 Å². The largest absolute Gasteiger partial charge is 0.325 e. The summed E-state index contributed by atoms with van der Waals surface area (Å²) in [5.41, 5.74) is 4.34. The number of nitrogens with zero attached hydrogens (tertiary/aromatic N) is 2. The van der Waals surface area contributed by atoms with Crippen LogP contribution in [0.1, 0.15) is 0 Å². The fraction of sp³-hybridized carbons (Fsp3) is 0.250. The van der Waals surface area contributed by atoms with Gasteiger partial charge in [0.2, 0.25) is 10.0 Å². The molecule has 0 aliphatic heterocycles. The lowest BCUT2D eigenvalue weighted by Gasteiger charge is -2.15. The molecule has 2 aromatic rings. The van der Waals surface area contributed by atoms with Gasteiger partial charge in [0, 0.05) is 12.3 Å². The highest BCUT2D eigenvalue weighted by molar-refractivity contribution is 7.89. The second-order valence-electron chi connectivity index (χ2n) is 4.62. The zero-order valence-corrected chi connectivity index (χ0v) is 13.6. The van der Waals surface area contributed by atoms with E-state index < -0.39 is 38.9 Å². The predicted molar refractivity (Wildman–Crippen MR) is 84.8 cm³/mol. The van der Waals surface area contributed by atoms with E-state index in [1.165, 1.54) is 18.3 Å². The van der Waals surface area contributed by atoms with Crippen LogP contribution in [0, 0.1) is 10.1 Å². The van der Waals surface area contributed by atoms with Gasteiger partial charge in [-0.1, -0.05) is 0 Å². The number of fused-ring (bicyclic) bond motifs is 1. The number of hydrogen-bond donors (Lipinski definition) is 2. The average Bonchev–Trinajstić information content (AvgIpc) is 2.52. The molecule has 2 rings (SSSR count). The Kier molecular flexibility index (Phi) is 6.11. The topological polar surface area (TPSA) is 128 Å². The maximum absolute atomic E-state index is 13.1. The van der Waals surface area contributed by atoms with Crippen LogP contribution in [0.2, 0.25) is 0 Å². The monoisotopic (exact) mass is 382 g/mol. The minimum Gasteiger partial charge on any atom is -0.325 e. The lowest BCUT2D eigenvalue weighted by atomic mass is 10.2. The second kappa shape index (κ2) is 7.30. The molecule has 0 saturated heterocycles. The first-order valence-corrected chi connectivity index (χ1v) is 7.76. The van der Waals surface area contributed by atoms with Gasteiger partial charge in [-0.15, -0.1) is 12.4 Å². The van der Waals surface area contributed by atoms with E-state index in [4.69, 9.17) is 5.73 Å². The number of nitro benzene ring substituents is 1. The van der Waals surface area contributed by atoms with Gasteiger partial charge in [0.05, 0.1) is 28.9 Å². The van der Waals surface area contributed by atoms with Crippen LogP contribution in [0.15, 0.2) is 35.4 Å². The van der Waals surface area contributed by atoms with Crippen molar-refractivity contribution in [3.05, 3.63) is 40.6 Å². The van der Waals surface area contributed by atoms with Crippen molar-refractivity contribution in [2.75, 3.05) is 13.1 Å². The van der Waals surface area contributed by atoms with Crippen molar-refractivity contribution < 1.29 is 22.1 Å². The van der Waals surface area contributed by atoms with E-state index in [0.717, 1.165) is 12.1 Å². The van der Waals surface area contributed by atoms with Crippen molar-refractivity contribution >= 4 is 39.0 Å². The molecule has 132 valence electrons. The predicted octanol–water partition coefficient (Wildman–Crippen LogP) is 1.44. The Morgan fingerprint density at radius 1 is 1.33 bits per heavy atom. The Morgan fingerprint density at radius 3 is 2.58 bits per heavy atom. The van der Waals surface area contributed by atoms with E-state index in [9.17, 15) is 27.3 Å². The lowest BCUT2D eigenvalue weighted by Crippen LogP contribution is -2.41. The number of non-ortho nitro benzene ring substituents is 1. The fourth-order valence-electron chi connectivity index (χ4n) is 1.86. The lowest BCUT2D eigenvalue weighted by molar-refractivity contribution is -0.383. The van der Waals surface area contributed by atoms with Crippen molar-refractivity contribution in [2.24, 2.45) is 5.73 Å². The zero-order valence-electron chi connectivity index (χ0n) is 12.0. The maximum atomic E-state index is 13.1. The number of sulfonamides is 1. The number of halogens is 3. The third-order valence-electron chi connectivity index (χ3n) is 3.02. The summed E-state index contributed by atoms with van der Waals surface area (Å²) in [6.07, 6.45) is 1.25. The van der Waals surface area contributed by atoms with Gasteiger partial charge in [-0.2, -0.15) is 0 Å². The summed E-state index contributed by atoms with van der Waals surface area (Å²) in [5, 5.41) is 11.0.